The molecule has 0 saturated carbocycles. The molecule has 0 unspecified atom stereocenters. The van der Waals surface area contributed by atoms with Gasteiger partial charge in [0, 0.05) is 36.8 Å². The van der Waals surface area contributed by atoms with Crippen LogP contribution >= 0.6 is 11.6 Å². The van der Waals surface area contributed by atoms with Crippen LogP contribution in [-0.4, -0.2) is 39.9 Å². The fourth-order valence-corrected chi connectivity index (χ4v) is 4.05. The average Bonchev–Trinajstić information content (AvgIpc) is 3.28. The first kappa shape index (κ1) is 17.9. The summed E-state index contributed by atoms with van der Waals surface area (Å²) in [5, 5.41) is 5.35. The Hall–Kier alpha value is -2.47. The van der Waals surface area contributed by atoms with Crippen molar-refractivity contribution in [2.24, 2.45) is 0 Å². The van der Waals surface area contributed by atoms with Crippen LogP contribution in [0.2, 0.25) is 5.02 Å². The molecule has 2 aromatic heterocycles. The number of halogens is 1. The molecule has 0 bridgehead atoms. The number of hydrogen-bond donors (Lipinski definition) is 1. The van der Waals surface area contributed by atoms with Crippen molar-refractivity contribution in [3.05, 3.63) is 52.7 Å². The molecule has 1 aliphatic rings. The van der Waals surface area contributed by atoms with E-state index in [4.69, 9.17) is 21.4 Å². The van der Waals surface area contributed by atoms with Crippen LogP contribution in [0.15, 0.2) is 30.6 Å². The molecule has 1 aromatic carbocycles. The molecule has 3 aromatic rings. The number of aryl methyl sites for hydroxylation is 2. The number of nitrogens with one attached hydrogen (secondary N) is 1. The van der Waals surface area contributed by atoms with Gasteiger partial charge in [-0.1, -0.05) is 11.6 Å². The van der Waals surface area contributed by atoms with Crippen LogP contribution in [0.3, 0.4) is 0 Å². The second-order valence-corrected chi connectivity index (χ2v) is 7.44. The van der Waals surface area contributed by atoms with Crippen molar-refractivity contribution in [1.82, 2.24) is 19.7 Å². The van der Waals surface area contributed by atoms with Crippen LogP contribution in [0.4, 0.5) is 5.82 Å². The predicted octanol–water partition coefficient (Wildman–Crippen LogP) is 4.26. The first-order valence-corrected chi connectivity index (χ1v) is 9.60. The summed E-state index contributed by atoms with van der Waals surface area (Å²) < 4.78 is 7.30. The number of aromatic amines is 1. The lowest BCUT2D eigenvalue weighted by Crippen LogP contribution is -2.34. The highest BCUT2D eigenvalue weighted by Crippen LogP contribution is 2.34. The lowest BCUT2D eigenvalue weighted by atomic mass is 9.92. The number of rotatable bonds is 4. The van der Waals surface area contributed by atoms with Crippen molar-refractivity contribution in [2.45, 2.75) is 32.6 Å². The third-order valence-corrected chi connectivity index (χ3v) is 5.61. The van der Waals surface area contributed by atoms with Gasteiger partial charge in [-0.3, -0.25) is 0 Å². The van der Waals surface area contributed by atoms with Crippen molar-refractivity contribution in [1.29, 1.82) is 0 Å². The number of methoxy groups -OCH3 is 1. The van der Waals surface area contributed by atoms with Gasteiger partial charge in [0.05, 0.1) is 35.5 Å². The quantitative estimate of drug-likeness (QED) is 0.729. The van der Waals surface area contributed by atoms with Crippen molar-refractivity contribution in [3.63, 3.8) is 0 Å². The Morgan fingerprint density at radius 1 is 1.19 bits per heavy atom. The van der Waals surface area contributed by atoms with Crippen LogP contribution in [0.25, 0.3) is 5.69 Å². The minimum atomic E-state index is 0.529. The molecule has 27 heavy (non-hydrogen) atoms. The second-order valence-electron chi connectivity index (χ2n) is 7.04. The number of ether oxygens (including phenoxy) is 1. The molecule has 7 heteroatoms. The van der Waals surface area contributed by atoms with E-state index in [1.54, 1.807) is 13.4 Å². The van der Waals surface area contributed by atoms with Crippen LogP contribution in [0, 0.1) is 13.8 Å². The zero-order valence-corrected chi connectivity index (χ0v) is 16.6. The smallest absolute Gasteiger partial charge is 0.132 e. The van der Waals surface area contributed by atoms with E-state index in [-0.39, 0.29) is 0 Å². The SMILES string of the molecule is COc1ccc(Cl)c(-n2nc(C)cc2N2CCC(c3[nH]cnc3C)CC2)c1. The highest BCUT2D eigenvalue weighted by Gasteiger charge is 2.26. The molecule has 6 nitrogen and oxygen atoms in total. The zero-order chi connectivity index (χ0) is 19.0. The maximum absolute atomic E-state index is 6.47. The van der Waals surface area contributed by atoms with Crippen molar-refractivity contribution in [3.8, 4) is 11.4 Å². The Morgan fingerprint density at radius 2 is 1.96 bits per heavy atom. The molecule has 0 spiro atoms. The highest BCUT2D eigenvalue weighted by atomic mass is 35.5. The summed E-state index contributed by atoms with van der Waals surface area (Å²) >= 11 is 6.47. The Kier molecular flexibility index (Phi) is 4.83. The maximum atomic E-state index is 6.47. The summed E-state index contributed by atoms with van der Waals surface area (Å²) in [5.74, 6) is 2.37. The molecule has 1 saturated heterocycles. The molecule has 0 aliphatic carbocycles. The maximum Gasteiger partial charge on any atom is 0.132 e. The van der Waals surface area contributed by atoms with Gasteiger partial charge < -0.3 is 14.6 Å². The van der Waals surface area contributed by atoms with Gasteiger partial charge in [-0.25, -0.2) is 9.67 Å². The van der Waals surface area contributed by atoms with E-state index in [1.165, 1.54) is 5.69 Å². The minimum absolute atomic E-state index is 0.529. The zero-order valence-electron chi connectivity index (χ0n) is 15.9. The Labute approximate surface area is 164 Å². The van der Waals surface area contributed by atoms with Crippen molar-refractivity contribution in [2.75, 3.05) is 25.1 Å². The average molecular weight is 386 g/mol. The molecule has 1 fully saturated rings. The molecule has 0 amide bonds. The Bertz CT molecular complexity index is 940. The molecule has 1 aliphatic heterocycles. The Balaban J connectivity index is 1.60. The second kappa shape index (κ2) is 7.27. The highest BCUT2D eigenvalue weighted by molar-refractivity contribution is 6.32. The van der Waals surface area contributed by atoms with Gasteiger partial charge in [-0.05, 0) is 38.8 Å². The molecule has 4 rings (SSSR count). The number of anilines is 1. The molecule has 0 radical (unpaired) electrons. The largest absolute Gasteiger partial charge is 0.497 e. The first-order valence-electron chi connectivity index (χ1n) is 9.22. The molecule has 142 valence electrons. The number of benzene rings is 1. The molecule has 3 heterocycles. The lowest BCUT2D eigenvalue weighted by molar-refractivity contribution is 0.414. The van der Waals surface area contributed by atoms with E-state index in [0.29, 0.717) is 10.9 Å². The fourth-order valence-electron chi connectivity index (χ4n) is 3.85. The van der Waals surface area contributed by atoms with Crippen LogP contribution in [-0.2, 0) is 0 Å². The minimum Gasteiger partial charge on any atom is -0.497 e. The van der Waals surface area contributed by atoms with Crippen molar-refractivity contribution >= 4 is 17.4 Å². The van der Waals surface area contributed by atoms with Gasteiger partial charge in [-0.15, -0.1) is 0 Å². The third kappa shape index (κ3) is 3.41. The van der Waals surface area contributed by atoms with Gasteiger partial charge >= 0.3 is 0 Å². The molecular formula is C20H24ClN5O. The standard InChI is InChI=1S/C20H24ClN5O/c1-13-10-19(26(24-13)18-11-16(27-3)4-5-17(18)21)25-8-6-15(7-9-25)20-14(2)22-12-23-20/h4-5,10-12,15H,6-9H2,1-3H3,(H,22,23). The van der Waals surface area contributed by atoms with Crippen LogP contribution in [0.1, 0.15) is 35.8 Å². The fraction of sp³-hybridized carbons (Fsp3) is 0.400. The summed E-state index contributed by atoms with van der Waals surface area (Å²) in [5.41, 5.74) is 4.19. The van der Waals surface area contributed by atoms with E-state index >= 15 is 0 Å². The number of piperidine rings is 1. The molecular weight excluding hydrogens is 362 g/mol. The summed E-state index contributed by atoms with van der Waals surface area (Å²) in [4.78, 5) is 10.0. The van der Waals surface area contributed by atoms with Gasteiger partial charge in [0.1, 0.15) is 11.6 Å². The first-order chi connectivity index (χ1) is 13.1. The lowest BCUT2D eigenvalue weighted by Gasteiger charge is -2.33. The number of hydrogen-bond acceptors (Lipinski definition) is 4. The van der Waals surface area contributed by atoms with Gasteiger partial charge in [0.15, 0.2) is 0 Å². The van der Waals surface area contributed by atoms with E-state index in [2.05, 4.69) is 27.9 Å². The van der Waals surface area contributed by atoms with E-state index in [9.17, 15) is 0 Å². The topological polar surface area (TPSA) is 59.0 Å². The monoisotopic (exact) mass is 385 g/mol. The molecule has 0 atom stereocenters. The molecule has 1 N–H and O–H groups in total. The predicted molar refractivity (Wildman–Crippen MR) is 107 cm³/mol. The van der Waals surface area contributed by atoms with E-state index in [0.717, 1.165) is 54.6 Å². The normalized spacial score (nSPS) is 15.3. The van der Waals surface area contributed by atoms with Gasteiger partial charge in [0.25, 0.3) is 0 Å². The summed E-state index contributed by atoms with van der Waals surface area (Å²) in [6.07, 6.45) is 3.96. The van der Waals surface area contributed by atoms with Crippen LogP contribution < -0.4 is 9.64 Å². The van der Waals surface area contributed by atoms with E-state index in [1.807, 2.05) is 29.8 Å². The number of aromatic nitrogens is 4. The third-order valence-electron chi connectivity index (χ3n) is 5.29. The van der Waals surface area contributed by atoms with Gasteiger partial charge in [0.2, 0.25) is 0 Å². The Morgan fingerprint density at radius 3 is 2.63 bits per heavy atom. The summed E-state index contributed by atoms with van der Waals surface area (Å²) in [6, 6.07) is 7.76. The number of nitrogens with zero attached hydrogens (tertiary/aromatic N) is 4. The van der Waals surface area contributed by atoms with Crippen molar-refractivity contribution < 1.29 is 4.74 Å². The summed E-state index contributed by atoms with van der Waals surface area (Å²) in [7, 11) is 1.66. The number of H-pyrrole nitrogens is 1. The van der Waals surface area contributed by atoms with Gasteiger partial charge in [-0.2, -0.15) is 5.10 Å². The van der Waals surface area contributed by atoms with Crippen LogP contribution in [0.5, 0.6) is 5.75 Å². The summed E-state index contributed by atoms with van der Waals surface area (Å²) in [6.45, 7) is 6.02. The van der Waals surface area contributed by atoms with E-state index < -0.39 is 0 Å². The number of imidazole rings is 1.